The third-order valence-corrected chi connectivity index (χ3v) is 5.31. The molecule has 25 heavy (non-hydrogen) atoms. The van der Waals surface area contributed by atoms with Gasteiger partial charge in [-0.3, -0.25) is 4.79 Å². The third-order valence-electron chi connectivity index (χ3n) is 5.31. The Morgan fingerprint density at radius 3 is 2.12 bits per heavy atom. The Balaban J connectivity index is 1.66. The number of nitrogens with zero attached hydrogens (tertiary/aromatic N) is 4. The fourth-order valence-electron chi connectivity index (χ4n) is 3.62. The second-order valence-corrected chi connectivity index (χ2v) is 6.86. The van der Waals surface area contributed by atoms with Crippen molar-refractivity contribution in [2.75, 3.05) is 31.1 Å². The largest absolute Gasteiger partial charge is 0.550 e. The van der Waals surface area contributed by atoms with Crippen molar-refractivity contribution < 1.29 is 14.7 Å². The first-order valence-corrected chi connectivity index (χ1v) is 8.64. The molecule has 0 aromatic carbocycles. The Morgan fingerprint density at radius 1 is 1.00 bits per heavy atom. The molecule has 1 aliphatic heterocycles. The zero-order valence-corrected chi connectivity index (χ0v) is 14.6. The number of rotatable bonds is 3. The van der Waals surface area contributed by atoms with Gasteiger partial charge in [0.15, 0.2) is 0 Å². The Morgan fingerprint density at radius 2 is 1.56 bits per heavy atom. The first kappa shape index (κ1) is 17.4. The first-order valence-electron chi connectivity index (χ1n) is 8.64. The van der Waals surface area contributed by atoms with Crippen LogP contribution in [0.15, 0.2) is 29.6 Å². The Hall–Kier alpha value is -2.44. The van der Waals surface area contributed by atoms with E-state index in [0.717, 1.165) is 11.1 Å². The predicted molar refractivity (Wildman–Crippen MR) is 90.4 cm³/mol. The highest BCUT2D eigenvalue weighted by atomic mass is 16.4. The molecule has 2 atom stereocenters. The van der Waals surface area contributed by atoms with Gasteiger partial charge in [-0.2, -0.15) is 0 Å². The van der Waals surface area contributed by atoms with E-state index in [0.29, 0.717) is 45.0 Å². The Bertz CT molecular complexity index is 681. The molecule has 0 bridgehead atoms. The van der Waals surface area contributed by atoms with Gasteiger partial charge in [0.25, 0.3) is 0 Å². The minimum atomic E-state index is -1.12. The lowest BCUT2D eigenvalue weighted by atomic mass is 9.76. The Labute approximate surface area is 147 Å². The maximum absolute atomic E-state index is 12.9. The zero-order chi connectivity index (χ0) is 18.0. The van der Waals surface area contributed by atoms with Crippen LogP contribution >= 0.6 is 0 Å². The molecule has 0 N–H and O–H groups in total. The van der Waals surface area contributed by atoms with Crippen molar-refractivity contribution in [1.29, 1.82) is 0 Å². The van der Waals surface area contributed by atoms with Crippen LogP contribution < -0.4 is 10.0 Å². The number of carboxylic acid groups (broad SMARTS) is 1. The second-order valence-electron chi connectivity index (χ2n) is 6.86. The number of amides is 1. The van der Waals surface area contributed by atoms with Crippen LogP contribution in [0.3, 0.4) is 0 Å². The summed E-state index contributed by atoms with van der Waals surface area (Å²) in [6.45, 7) is 6.30. The summed E-state index contributed by atoms with van der Waals surface area (Å²) in [5, 5.41) is 11.5. The van der Waals surface area contributed by atoms with Crippen molar-refractivity contribution in [1.82, 2.24) is 14.9 Å². The van der Waals surface area contributed by atoms with Gasteiger partial charge in [-0.25, -0.2) is 9.97 Å². The van der Waals surface area contributed by atoms with E-state index < -0.39 is 17.8 Å². The summed E-state index contributed by atoms with van der Waals surface area (Å²) in [6.07, 6.45) is 4.31. The van der Waals surface area contributed by atoms with Crippen LogP contribution in [0.25, 0.3) is 0 Å². The molecule has 1 fully saturated rings. The number of hydrogen-bond donors (Lipinski definition) is 0. The van der Waals surface area contributed by atoms with Gasteiger partial charge in [-0.1, -0.05) is 11.1 Å². The number of piperazine rings is 1. The van der Waals surface area contributed by atoms with Crippen molar-refractivity contribution in [2.45, 2.75) is 26.7 Å². The minimum absolute atomic E-state index is 0.0744. The molecule has 1 saturated heterocycles. The van der Waals surface area contributed by atoms with E-state index in [-0.39, 0.29) is 5.91 Å². The SMILES string of the molecule is CC1=C(C)C[C@@H](C(=O)N2CCN(c3ncccn3)CC2)[C@@H](C(=O)[O-])C1. The number of aromatic nitrogens is 2. The molecule has 1 amide bonds. The van der Waals surface area contributed by atoms with E-state index in [9.17, 15) is 14.7 Å². The molecule has 0 unspecified atom stereocenters. The molecule has 1 aliphatic carbocycles. The molecule has 2 aliphatic rings. The molecule has 2 heterocycles. The van der Waals surface area contributed by atoms with Crippen molar-refractivity contribution in [3.8, 4) is 0 Å². The highest BCUT2D eigenvalue weighted by molar-refractivity contribution is 5.85. The van der Waals surface area contributed by atoms with Gasteiger partial charge in [-0.05, 0) is 32.8 Å². The summed E-state index contributed by atoms with van der Waals surface area (Å²) in [5.41, 5.74) is 2.18. The van der Waals surface area contributed by atoms with Gasteiger partial charge in [0, 0.05) is 50.5 Å². The van der Waals surface area contributed by atoms with Crippen molar-refractivity contribution in [2.24, 2.45) is 11.8 Å². The molecule has 1 aromatic heterocycles. The molecule has 7 heteroatoms. The fourth-order valence-corrected chi connectivity index (χ4v) is 3.62. The smallest absolute Gasteiger partial charge is 0.226 e. The van der Waals surface area contributed by atoms with Crippen LogP contribution in [0.2, 0.25) is 0 Å². The van der Waals surface area contributed by atoms with Crippen LogP contribution in [0.4, 0.5) is 5.95 Å². The van der Waals surface area contributed by atoms with Crippen molar-refractivity contribution in [3.05, 3.63) is 29.6 Å². The third kappa shape index (κ3) is 3.65. The van der Waals surface area contributed by atoms with Crippen LogP contribution in [0.5, 0.6) is 0 Å². The minimum Gasteiger partial charge on any atom is -0.550 e. The predicted octanol–water partition coefficient (Wildman–Crippen LogP) is 0.238. The monoisotopic (exact) mass is 343 g/mol. The Kier molecular flexibility index (Phi) is 5.01. The fraction of sp³-hybridized carbons (Fsp3) is 0.556. The van der Waals surface area contributed by atoms with Crippen LogP contribution in [0, 0.1) is 11.8 Å². The highest BCUT2D eigenvalue weighted by Crippen LogP contribution is 2.35. The van der Waals surface area contributed by atoms with E-state index in [2.05, 4.69) is 9.97 Å². The number of carbonyl (C=O) groups excluding carboxylic acids is 2. The molecule has 0 spiro atoms. The number of carboxylic acids is 1. The average molecular weight is 343 g/mol. The summed E-state index contributed by atoms with van der Waals surface area (Å²) in [7, 11) is 0. The maximum atomic E-state index is 12.9. The molecule has 1 aromatic rings. The molecular weight excluding hydrogens is 320 g/mol. The van der Waals surface area contributed by atoms with Gasteiger partial charge in [0.05, 0.1) is 5.92 Å². The maximum Gasteiger partial charge on any atom is 0.226 e. The van der Waals surface area contributed by atoms with E-state index in [1.807, 2.05) is 18.7 Å². The van der Waals surface area contributed by atoms with Gasteiger partial charge in [-0.15, -0.1) is 0 Å². The topological polar surface area (TPSA) is 89.5 Å². The summed E-state index contributed by atoms with van der Waals surface area (Å²) in [5.74, 6) is -1.79. The number of aliphatic carboxylic acids is 1. The first-order chi connectivity index (χ1) is 12.0. The lowest BCUT2D eigenvalue weighted by molar-refractivity contribution is -0.313. The lowest BCUT2D eigenvalue weighted by Gasteiger charge is -2.40. The number of allylic oxidation sites excluding steroid dienone is 2. The van der Waals surface area contributed by atoms with Gasteiger partial charge in [0.2, 0.25) is 11.9 Å². The van der Waals surface area contributed by atoms with Gasteiger partial charge in [0.1, 0.15) is 0 Å². The summed E-state index contributed by atoms with van der Waals surface area (Å²) in [6, 6.07) is 1.77. The van der Waals surface area contributed by atoms with E-state index in [1.165, 1.54) is 0 Å². The van der Waals surface area contributed by atoms with E-state index >= 15 is 0 Å². The van der Waals surface area contributed by atoms with Crippen LogP contribution in [0.1, 0.15) is 26.7 Å². The number of carbonyl (C=O) groups is 2. The number of anilines is 1. The quantitative estimate of drug-likeness (QED) is 0.730. The summed E-state index contributed by atoms with van der Waals surface area (Å²) >= 11 is 0. The molecule has 134 valence electrons. The van der Waals surface area contributed by atoms with E-state index in [4.69, 9.17) is 0 Å². The second kappa shape index (κ2) is 7.21. The van der Waals surface area contributed by atoms with Crippen LogP contribution in [-0.2, 0) is 9.59 Å². The van der Waals surface area contributed by atoms with E-state index in [1.54, 1.807) is 23.4 Å². The molecule has 0 radical (unpaired) electrons. The molecular formula is C18H23N4O3-. The summed E-state index contributed by atoms with van der Waals surface area (Å²) in [4.78, 5) is 36.7. The number of hydrogen-bond acceptors (Lipinski definition) is 6. The summed E-state index contributed by atoms with van der Waals surface area (Å²) < 4.78 is 0. The van der Waals surface area contributed by atoms with Crippen molar-refractivity contribution in [3.63, 3.8) is 0 Å². The van der Waals surface area contributed by atoms with Crippen molar-refractivity contribution >= 4 is 17.8 Å². The van der Waals surface area contributed by atoms with Gasteiger partial charge >= 0.3 is 0 Å². The highest BCUT2D eigenvalue weighted by Gasteiger charge is 2.36. The molecule has 3 rings (SSSR count). The zero-order valence-electron chi connectivity index (χ0n) is 14.6. The lowest BCUT2D eigenvalue weighted by Crippen LogP contribution is -2.53. The van der Waals surface area contributed by atoms with Gasteiger partial charge < -0.3 is 19.7 Å². The van der Waals surface area contributed by atoms with Crippen LogP contribution in [-0.4, -0.2) is 52.9 Å². The normalized spacial score (nSPS) is 24.4. The average Bonchev–Trinajstić information content (AvgIpc) is 2.63. The standard InChI is InChI=1S/C18H24N4O3/c1-12-10-14(15(17(24)25)11-13(12)2)16(23)21-6-8-22(9-7-21)18-19-4-3-5-20-18/h3-5,14-15H,6-11H2,1-2H3,(H,24,25)/p-1/t14-,15+/m1/s1. The molecule has 7 nitrogen and oxygen atoms in total. The molecule has 0 saturated carbocycles.